The summed E-state index contributed by atoms with van der Waals surface area (Å²) in [5.74, 6) is 1.70. The van der Waals surface area contributed by atoms with Crippen molar-refractivity contribution in [2.45, 2.75) is 0 Å². The third-order valence-corrected chi connectivity index (χ3v) is 10.6. The minimum absolute atomic E-state index is 0.557. The molecule has 4 aromatic heterocycles. The molecule has 264 valence electrons. The van der Waals surface area contributed by atoms with Gasteiger partial charge in [-0.1, -0.05) is 97.1 Å². The molecule has 11 rings (SSSR count). The highest BCUT2D eigenvalue weighted by Crippen LogP contribution is 2.41. The minimum Gasteiger partial charge on any atom is -0.456 e. The van der Waals surface area contributed by atoms with Crippen LogP contribution in [-0.2, 0) is 0 Å². The quantitative estimate of drug-likeness (QED) is 0.163. The molecule has 0 unspecified atom stereocenters. The van der Waals surface area contributed by atoms with Crippen molar-refractivity contribution in [3.8, 4) is 62.5 Å². The Kier molecular flexibility index (Phi) is 7.41. The molecule has 0 aliphatic carbocycles. The maximum atomic E-state index is 9.42. The van der Waals surface area contributed by atoms with E-state index >= 15 is 0 Å². The van der Waals surface area contributed by atoms with Crippen LogP contribution in [0, 0.1) is 11.3 Å². The van der Waals surface area contributed by atoms with E-state index in [1.807, 2.05) is 122 Å². The molecule has 0 aliphatic rings. The van der Waals surface area contributed by atoms with Gasteiger partial charge in [-0.15, -0.1) is 0 Å². The first-order valence-electron chi connectivity index (χ1n) is 18.6. The molecule has 0 fully saturated rings. The van der Waals surface area contributed by atoms with Gasteiger partial charge in [-0.25, -0.2) is 15.0 Å². The van der Waals surface area contributed by atoms with Gasteiger partial charge in [0.25, 0.3) is 0 Å². The summed E-state index contributed by atoms with van der Waals surface area (Å²) in [5.41, 5.74) is 10.6. The molecule has 57 heavy (non-hydrogen) atoms. The second-order valence-corrected chi connectivity index (χ2v) is 14.0. The normalized spacial score (nSPS) is 11.5. The molecule has 4 heterocycles. The summed E-state index contributed by atoms with van der Waals surface area (Å²) >= 11 is 0. The molecule has 0 spiro atoms. The lowest BCUT2D eigenvalue weighted by Crippen LogP contribution is -2.00. The Bertz CT molecular complexity index is 3420. The second-order valence-electron chi connectivity index (χ2n) is 14.0. The van der Waals surface area contributed by atoms with E-state index in [2.05, 4.69) is 54.6 Å². The molecular formula is C50H28N6O. The van der Waals surface area contributed by atoms with Crippen LogP contribution >= 0.6 is 0 Å². The average Bonchev–Trinajstić information content (AvgIpc) is 3.67. The molecule has 0 bridgehead atoms. The molecule has 11 aromatic rings. The van der Waals surface area contributed by atoms with Crippen molar-refractivity contribution in [3.05, 3.63) is 176 Å². The number of benzene rings is 7. The van der Waals surface area contributed by atoms with E-state index in [1.165, 1.54) is 0 Å². The van der Waals surface area contributed by atoms with Gasteiger partial charge in [0.1, 0.15) is 11.2 Å². The zero-order valence-electron chi connectivity index (χ0n) is 30.3. The number of nitriles is 1. The van der Waals surface area contributed by atoms with Gasteiger partial charge in [-0.2, -0.15) is 5.26 Å². The van der Waals surface area contributed by atoms with Crippen molar-refractivity contribution in [2.24, 2.45) is 0 Å². The molecule has 0 saturated heterocycles. The van der Waals surface area contributed by atoms with Crippen LogP contribution in [0.4, 0.5) is 0 Å². The number of hydrogen-bond acceptors (Lipinski definition) is 7. The largest absolute Gasteiger partial charge is 0.456 e. The monoisotopic (exact) mass is 728 g/mol. The predicted octanol–water partition coefficient (Wildman–Crippen LogP) is 12.2. The van der Waals surface area contributed by atoms with Crippen LogP contribution in [-0.4, -0.2) is 24.9 Å². The van der Waals surface area contributed by atoms with Gasteiger partial charge in [0.15, 0.2) is 17.5 Å². The Labute approximate surface area is 326 Å². The first kappa shape index (κ1) is 32.4. The number of para-hydroxylation sites is 1. The topological polar surface area (TPSA) is 101 Å². The molecule has 0 atom stereocenters. The van der Waals surface area contributed by atoms with Crippen molar-refractivity contribution < 1.29 is 4.42 Å². The molecule has 7 nitrogen and oxygen atoms in total. The number of aromatic nitrogens is 5. The average molecular weight is 729 g/mol. The Morgan fingerprint density at radius 3 is 1.63 bits per heavy atom. The molecule has 0 N–H and O–H groups in total. The standard InChI is InChI=1S/C50H28N6O/c51-29-30-17-19-31(20-18-30)40-27-42-39-15-8-24-53-47(39)41(28-43(42)38-14-7-23-52-46(38)40)33-11-6-12-34(25-33)49-54-48(32-9-2-1-3-10-32)55-50(56-49)35-21-22-37-36-13-4-5-16-44(36)57-45(37)26-35/h1-28H. The van der Waals surface area contributed by atoms with Gasteiger partial charge < -0.3 is 4.42 Å². The molecular weight excluding hydrogens is 701 g/mol. The highest BCUT2D eigenvalue weighted by Gasteiger charge is 2.18. The fourth-order valence-electron chi connectivity index (χ4n) is 7.91. The van der Waals surface area contributed by atoms with Crippen molar-refractivity contribution in [1.82, 2.24) is 24.9 Å². The Morgan fingerprint density at radius 2 is 0.930 bits per heavy atom. The summed E-state index contributed by atoms with van der Waals surface area (Å²) in [6.45, 7) is 0. The molecule has 0 radical (unpaired) electrons. The van der Waals surface area contributed by atoms with Crippen molar-refractivity contribution in [2.75, 3.05) is 0 Å². The van der Waals surface area contributed by atoms with Crippen LogP contribution in [0.1, 0.15) is 5.56 Å². The maximum absolute atomic E-state index is 9.42. The van der Waals surface area contributed by atoms with Gasteiger partial charge in [0, 0.05) is 61.8 Å². The lowest BCUT2D eigenvalue weighted by atomic mass is 9.90. The van der Waals surface area contributed by atoms with Crippen LogP contribution in [0.15, 0.2) is 175 Å². The van der Waals surface area contributed by atoms with E-state index in [-0.39, 0.29) is 0 Å². The van der Waals surface area contributed by atoms with Crippen LogP contribution in [0.25, 0.3) is 111 Å². The molecule has 7 heteroatoms. The van der Waals surface area contributed by atoms with Crippen LogP contribution < -0.4 is 0 Å². The van der Waals surface area contributed by atoms with Gasteiger partial charge in [-0.3, -0.25) is 9.97 Å². The van der Waals surface area contributed by atoms with Crippen LogP contribution in [0.2, 0.25) is 0 Å². The van der Waals surface area contributed by atoms with Gasteiger partial charge in [-0.05, 0) is 82.6 Å². The van der Waals surface area contributed by atoms with Crippen molar-refractivity contribution >= 4 is 54.5 Å². The third kappa shape index (κ3) is 5.47. The first-order valence-corrected chi connectivity index (χ1v) is 18.6. The van der Waals surface area contributed by atoms with Gasteiger partial charge in [0.05, 0.1) is 22.7 Å². The lowest BCUT2D eigenvalue weighted by molar-refractivity contribution is 0.669. The zero-order chi connectivity index (χ0) is 37.9. The Balaban J connectivity index is 1.09. The lowest BCUT2D eigenvalue weighted by Gasteiger charge is -2.15. The van der Waals surface area contributed by atoms with E-state index in [0.29, 0.717) is 23.0 Å². The van der Waals surface area contributed by atoms with E-state index in [4.69, 9.17) is 29.3 Å². The minimum atomic E-state index is 0.557. The van der Waals surface area contributed by atoms with E-state index in [9.17, 15) is 5.26 Å². The summed E-state index contributed by atoms with van der Waals surface area (Å²) in [4.78, 5) is 25.0. The van der Waals surface area contributed by atoms with E-state index in [1.54, 1.807) is 0 Å². The Hall–Kier alpha value is -8.08. The van der Waals surface area contributed by atoms with E-state index < -0.39 is 0 Å². The summed E-state index contributed by atoms with van der Waals surface area (Å²) in [7, 11) is 0. The Morgan fingerprint density at radius 1 is 0.386 bits per heavy atom. The third-order valence-electron chi connectivity index (χ3n) is 10.6. The number of rotatable bonds is 5. The number of hydrogen-bond donors (Lipinski definition) is 0. The molecule has 0 saturated carbocycles. The van der Waals surface area contributed by atoms with E-state index in [0.717, 1.165) is 93.5 Å². The summed E-state index contributed by atoms with van der Waals surface area (Å²) in [6, 6.07) is 55.1. The fraction of sp³-hybridized carbons (Fsp3) is 0. The predicted molar refractivity (Wildman–Crippen MR) is 227 cm³/mol. The summed E-state index contributed by atoms with van der Waals surface area (Å²) in [6.07, 6.45) is 3.67. The molecule has 7 aromatic carbocycles. The summed E-state index contributed by atoms with van der Waals surface area (Å²) in [5, 5.41) is 15.8. The smallest absolute Gasteiger partial charge is 0.164 e. The number of fused-ring (bicyclic) bond motifs is 8. The summed E-state index contributed by atoms with van der Waals surface area (Å²) < 4.78 is 6.25. The molecule has 0 aliphatic heterocycles. The number of pyridine rings is 2. The van der Waals surface area contributed by atoms with Crippen molar-refractivity contribution in [3.63, 3.8) is 0 Å². The number of furan rings is 1. The second kappa shape index (κ2) is 13.0. The molecule has 0 amide bonds. The van der Waals surface area contributed by atoms with Gasteiger partial charge >= 0.3 is 0 Å². The SMILES string of the molecule is N#Cc1ccc(-c2cc3c4cccnc4c(-c4cccc(-c5nc(-c6ccccc6)nc(-c6ccc7c(c6)oc6ccccc67)n5)c4)cc3c3cccnc23)cc1. The van der Waals surface area contributed by atoms with Crippen molar-refractivity contribution in [1.29, 1.82) is 5.26 Å². The fourth-order valence-corrected chi connectivity index (χ4v) is 7.91. The zero-order valence-corrected chi connectivity index (χ0v) is 30.3. The van der Waals surface area contributed by atoms with Gasteiger partial charge in [0.2, 0.25) is 0 Å². The highest BCUT2D eigenvalue weighted by atomic mass is 16.3. The van der Waals surface area contributed by atoms with Crippen LogP contribution in [0.3, 0.4) is 0 Å². The first-order chi connectivity index (χ1) is 28.2. The maximum Gasteiger partial charge on any atom is 0.164 e. The van der Waals surface area contributed by atoms with Crippen LogP contribution in [0.5, 0.6) is 0 Å². The number of nitrogens with zero attached hydrogens (tertiary/aromatic N) is 6. The highest BCUT2D eigenvalue weighted by molar-refractivity contribution is 6.22.